The number of rotatable bonds is 3. The number of anilines is 1. The first-order chi connectivity index (χ1) is 10.8. The largest absolute Gasteiger partial charge is 0.465 e. The summed E-state index contributed by atoms with van der Waals surface area (Å²) in [6.07, 6.45) is 6.91. The second-order valence-electron chi connectivity index (χ2n) is 5.45. The molecule has 0 aliphatic heterocycles. The summed E-state index contributed by atoms with van der Waals surface area (Å²) in [5, 5.41) is 5.38. The van der Waals surface area contributed by atoms with Crippen LogP contribution in [0.1, 0.15) is 16.9 Å². The number of hydrogen-bond acceptors (Lipinski definition) is 2. The van der Waals surface area contributed by atoms with Crippen LogP contribution >= 0.6 is 0 Å². The summed E-state index contributed by atoms with van der Waals surface area (Å²) < 4.78 is 5.18. The van der Waals surface area contributed by atoms with Crippen LogP contribution in [0.3, 0.4) is 0 Å². The summed E-state index contributed by atoms with van der Waals surface area (Å²) in [6, 6.07) is 14.0. The Labute approximate surface area is 128 Å². The third-order valence-corrected chi connectivity index (χ3v) is 4.08. The van der Waals surface area contributed by atoms with Crippen LogP contribution in [0, 0.1) is 0 Å². The molecule has 3 nitrogen and oxygen atoms in total. The van der Waals surface area contributed by atoms with Crippen LogP contribution in [0.4, 0.5) is 5.69 Å². The molecule has 108 valence electrons. The third-order valence-electron chi connectivity index (χ3n) is 4.08. The molecule has 0 unspecified atom stereocenters. The number of nitrogens with one attached hydrogen (secondary N) is 1. The molecule has 0 fully saturated rings. The Morgan fingerprint density at radius 2 is 1.91 bits per heavy atom. The summed E-state index contributed by atoms with van der Waals surface area (Å²) in [5.41, 5.74) is 3.60. The maximum absolute atomic E-state index is 12.1. The van der Waals surface area contributed by atoms with Crippen LogP contribution in [0.5, 0.6) is 0 Å². The van der Waals surface area contributed by atoms with Crippen molar-refractivity contribution in [2.75, 3.05) is 5.32 Å². The molecule has 0 atom stereocenters. The first-order valence-corrected chi connectivity index (χ1v) is 7.37. The lowest BCUT2D eigenvalue weighted by Gasteiger charge is -2.09. The minimum Gasteiger partial charge on any atom is -0.465 e. The minimum absolute atomic E-state index is 0.157. The Kier molecular flexibility index (Phi) is 3.04. The Morgan fingerprint density at radius 1 is 1.05 bits per heavy atom. The van der Waals surface area contributed by atoms with E-state index in [0.717, 1.165) is 23.9 Å². The average molecular weight is 289 g/mol. The van der Waals surface area contributed by atoms with E-state index in [4.69, 9.17) is 4.42 Å². The van der Waals surface area contributed by atoms with Gasteiger partial charge in [0.1, 0.15) is 5.76 Å². The number of hydrogen-bond donors (Lipinski definition) is 1. The lowest BCUT2D eigenvalue weighted by atomic mass is 10.0. The summed E-state index contributed by atoms with van der Waals surface area (Å²) in [6.45, 7) is 0. The SMILES string of the molecule is O=C(C=Cc1ccco1)Nc1ccc2c3c(cccc13)CC2. The van der Waals surface area contributed by atoms with Crippen LogP contribution in [-0.4, -0.2) is 5.91 Å². The second kappa shape index (κ2) is 5.19. The fourth-order valence-electron chi connectivity index (χ4n) is 3.07. The van der Waals surface area contributed by atoms with Crippen molar-refractivity contribution in [3.63, 3.8) is 0 Å². The van der Waals surface area contributed by atoms with Gasteiger partial charge < -0.3 is 9.73 Å². The molecule has 1 aliphatic carbocycles. The van der Waals surface area contributed by atoms with Crippen molar-refractivity contribution in [2.24, 2.45) is 0 Å². The van der Waals surface area contributed by atoms with Crippen LogP contribution in [-0.2, 0) is 17.6 Å². The van der Waals surface area contributed by atoms with Gasteiger partial charge in [0.25, 0.3) is 0 Å². The van der Waals surface area contributed by atoms with Crippen LogP contribution in [0.25, 0.3) is 16.8 Å². The third kappa shape index (κ3) is 2.21. The molecule has 0 radical (unpaired) electrons. The number of amides is 1. The van der Waals surface area contributed by atoms with Gasteiger partial charge in [0.15, 0.2) is 0 Å². The van der Waals surface area contributed by atoms with Gasteiger partial charge in [-0.25, -0.2) is 0 Å². The van der Waals surface area contributed by atoms with E-state index in [-0.39, 0.29) is 5.91 Å². The number of furan rings is 1. The fourth-order valence-corrected chi connectivity index (χ4v) is 3.07. The highest BCUT2D eigenvalue weighted by Crippen LogP contribution is 2.34. The summed E-state index contributed by atoms with van der Waals surface area (Å²) in [7, 11) is 0. The molecular weight excluding hydrogens is 274 g/mol. The molecule has 0 spiro atoms. The lowest BCUT2D eigenvalue weighted by Crippen LogP contribution is -2.08. The van der Waals surface area contributed by atoms with Gasteiger partial charge in [-0.3, -0.25) is 4.79 Å². The van der Waals surface area contributed by atoms with Crippen molar-refractivity contribution in [1.82, 2.24) is 0 Å². The monoisotopic (exact) mass is 289 g/mol. The highest BCUT2D eigenvalue weighted by atomic mass is 16.3. The molecule has 1 amide bonds. The predicted octanol–water partition coefficient (Wildman–Crippen LogP) is 4.18. The Morgan fingerprint density at radius 3 is 2.73 bits per heavy atom. The minimum atomic E-state index is -0.157. The van der Waals surface area contributed by atoms with E-state index in [2.05, 4.69) is 29.6 Å². The smallest absolute Gasteiger partial charge is 0.248 e. The van der Waals surface area contributed by atoms with E-state index in [9.17, 15) is 4.79 Å². The first-order valence-electron chi connectivity index (χ1n) is 7.37. The van der Waals surface area contributed by atoms with Crippen LogP contribution in [0.2, 0.25) is 0 Å². The molecule has 0 saturated carbocycles. The van der Waals surface area contributed by atoms with E-state index in [1.54, 1.807) is 18.4 Å². The Balaban J connectivity index is 1.64. The zero-order valence-electron chi connectivity index (χ0n) is 12.0. The number of carbonyl (C=O) groups is 1. The van der Waals surface area contributed by atoms with Gasteiger partial charge in [-0.1, -0.05) is 24.3 Å². The molecule has 3 aromatic rings. The Hall–Kier alpha value is -2.81. The van der Waals surface area contributed by atoms with E-state index < -0.39 is 0 Å². The van der Waals surface area contributed by atoms with Crippen molar-refractivity contribution in [1.29, 1.82) is 0 Å². The number of benzene rings is 2. The van der Waals surface area contributed by atoms with E-state index in [0.29, 0.717) is 5.76 Å². The van der Waals surface area contributed by atoms with Crippen molar-refractivity contribution >= 4 is 28.4 Å². The highest BCUT2D eigenvalue weighted by Gasteiger charge is 2.16. The molecule has 2 aromatic carbocycles. The van der Waals surface area contributed by atoms with Crippen molar-refractivity contribution in [3.8, 4) is 0 Å². The van der Waals surface area contributed by atoms with E-state index in [1.807, 2.05) is 12.1 Å². The van der Waals surface area contributed by atoms with Crippen LogP contribution < -0.4 is 5.32 Å². The summed E-state index contributed by atoms with van der Waals surface area (Å²) in [4.78, 5) is 12.1. The van der Waals surface area contributed by atoms with Crippen LogP contribution in [0.15, 0.2) is 59.2 Å². The number of carbonyl (C=O) groups excluding carboxylic acids is 1. The van der Waals surface area contributed by atoms with Gasteiger partial charge in [-0.2, -0.15) is 0 Å². The standard InChI is InChI=1S/C19H15NO2/c21-18(11-9-15-4-2-12-22-15)20-17-10-8-14-7-6-13-3-1-5-16(17)19(13)14/h1-5,8-12H,6-7H2,(H,20,21). The molecule has 22 heavy (non-hydrogen) atoms. The van der Waals surface area contributed by atoms with Gasteiger partial charge >= 0.3 is 0 Å². The van der Waals surface area contributed by atoms with Crippen molar-refractivity contribution < 1.29 is 9.21 Å². The lowest BCUT2D eigenvalue weighted by molar-refractivity contribution is -0.111. The molecule has 4 rings (SSSR count). The number of aryl methyl sites for hydroxylation is 2. The maximum atomic E-state index is 12.1. The fraction of sp³-hybridized carbons (Fsp3) is 0.105. The van der Waals surface area contributed by atoms with E-state index in [1.165, 1.54) is 22.6 Å². The molecule has 3 heteroatoms. The highest BCUT2D eigenvalue weighted by molar-refractivity contribution is 6.09. The molecule has 1 N–H and O–H groups in total. The predicted molar refractivity (Wildman–Crippen MR) is 87.7 cm³/mol. The molecule has 0 bridgehead atoms. The molecule has 1 aliphatic rings. The second-order valence-corrected chi connectivity index (χ2v) is 5.45. The molecule has 1 aromatic heterocycles. The average Bonchev–Trinajstić information content (AvgIpc) is 3.19. The zero-order valence-corrected chi connectivity index (χ0v) is 12.0. The van der Waals surface area contributed by atoms with Gasteiger partial charge in [0.05, 0.1) is 6.26 Å². The Bertz CT molecular complexity index is 866. The van der Waals surface area contributed by atoms with E-state index >= 15 is 0 Å². The molecule has 0 saturated heterocycles. The van der Waals surface area contributed by atoms with Crippen molar-refractivity contribution in [2.45, 2.75) is 12.8 Å². The summed E-state index contributed by atoms with van der Waals surface area (Å²) in [5.74, 6) is 0.505. The molecular formula is C19H15NO2. The normalized spacial score (nSPS) is 13.1. The summed E-state index contributed by atoms with van der Waals surface area (Å²) >= 11 is 0. The van der Waals surface area contributed by atoms with Gasteiger partial charge in [-0.15, -0.1) is 0 Å². The van der Waals surface area contributed by atoms with Gasteiger partial charge in [0, 0.05) is 17.1 Å². The van der Waals surface area contributed by atoms with Gasteiger partial charge in [-0.05, 0) is 53.6 Å². The molecule has 1 heterocycles. The zero-order chi connectivity index (χ0) is 14.9. The maximum Gasteiger partial charge on any atom is 0.248 e. The quantitative estimate of drug-likeness (QED) is 0.735. The van der Waals surface area contributed by atoms with Crippen molar-refractivity contribution in [3.05, 3.63) is 71.7 Å². The van der Waals surface area contributed by atoms with Gasteiger partial charge in [0.2, 0.25) is 5.91 Å². The first kappa shape index (κ1) is 12.9. The topological polar surface area (TPSA) is 42.2 Å².